The van der Waals surface area contributed by atoms with Crippen LogP contribution in [0.3, 0.4) is 0 Å². The maximum absolute atomic E-state index is 11.6. The van der Waals surface area contributed by atoms with E-state index >= 15 is 0 Å². The van der Waals surface area contributed by atoms with Gasteiger partial charge in [-0.3, -0.25) is 4.79 Å². The fourth-order valence-electron chi connectivity index (χ4n) is 2.17. The monoisotopic (exact) mass is 233 g/mol. The molecule has 0 saturated heterocycles. The van der Waals surface area contributed by atoms with Crippen LogP contribution in [-0.2, 0) is 9.53 Å². The quantitative estimate of drug-likeness (QED) is 0.812. The van der Waals surface area contributed by atoms with E-state index in [0.29, 0.717) is 6.54 Å². The van der Waals surface area contributed by atoms with E-state index in [4.69, 9.17) is 4.74 Å². The fourth-order valence-corrected chi connectivity index (χ4v) is 2.17. The van der Waals surface area contributed by atoms with Gasteiger partial charge in [-0.05, 0) is 37.8 Å². The van der Waals surface area contributed by atoms with Gasteiger partial charge in [0.05, 0.1) is 12.5 Å². The molecule has 1 aromatic carbocycles. The molecule has 0 amide bonds. The van der Waals surface area contributed by atoms with Crippen LogP contribution in [0.4, 0.5) is 5.69 Å². The second-order valence-electron chi connectivity index (χ2n) is 4.89. The van der Waals surface area contributed by atoms with Gasteiger partial charge in [-0.2, -0.15) is 0 Å². The summed E-state index contributed by atoms with van der Waals surface area (Å²) in [6.07, 6.45) is 1.86. The van der Waals surface area contributed by atoms with Gasteiger partial charge in [-0.1, -0.05) is 18.2 Å². The van der Waals surface area contributed by atoms with E-state index in [1.807, 2.05) is 6.07 Å². The van der Waals surface area contributed by atoms with Gasteiger partial charge in [-0.15, -0.1) is 0 Å². The number of ether oxygens (including phenoxy) is 1. The molecule has 3 nitrogen and oxygen atoms in total. The number of methoxy groups -OCH3 is 1. The second-order valence-corrected chi connectivity index (χ2v) is 4.89. The van der Waals surface area contributed by atoms with E-state index in [2.05, 4.69) is 31.3 Å². The van der Waals surface area contributed by atoms with Gasteiger partial charge in [0.25, 0.3) is 0 Å². The molecule has 1 aliphatic carbocycles. The molecule has 0 atom stereocenters. The van der Waals surface area contributed by atoms with Crippen LogP contribution in [0, 0.1) is 19.3 Å². The molecule has 3 heteroatoms. The number of esters is 1. The van der Waals surface area contributed by atoms with Crippen molar-refractivity contribution in [2.24, 2.45) is 5.41 Å². The maximum Gasteiger partial charge on any atom is 0.313 e. The van der Waals surface area contributed by atoms with Gasteiger partial charge in [-0.25, -0.2) is 0 Å². The molecule has 1 aromatic rings. The average molecular weight is 233 g/mol. The van der Waals surface area contributed by atoms with E-state index in [-0.39, 0.29) is 11.4 Å². The minimum atomic E-state index is -0.274. The van der Waals surface area contributed by atoms with Crippen molar-refractivity contribution < 1.29 is 9.53 Å². The summed E-state index contributed by atoms with van der Waals surface area (Å²) in [5.74, 6) is -0.0868. The van der Waals surface area contributed by atoms with Crippen LogP contribution >= 0.6 is 0 Å². The lowest BCUT2D eigenvalue weighted by Crippen LogP contribution is -2.26. The van der Waals surface area contributed by atoms with E-state index in [0.717, 1.165) is 18.5 Å². The largest absolute Gasteiger partial charge is 0.469 e. The number of aryl methyl sites for hydroxylation is 2. The Morgan fingerprint density at radius 3 is 2.41 bits per heavy atom. The van der Waals surface area contributed by atoms with E-state index in [1.54, 1.807) is 0 Å². The molecule has 1 fully saturated rings. The van der Waals surface area contributed by atoms with Crippen molar-refractivity contribution in [1.29, 1.82) is 0 Å². The molecule has 1 N–H and O–H groups in total. The minimum absolute atomic E-state index is 0.0868. The summed E-state index contributed by atoms with van der Waals surface area (Å²) in [4.78, 5) is 11.6. The number of hydrogen-bond acceptors (Lipinski definition) is 3. The van der Waals surface area contributed by atoms with Crippen LogP contribution in [-0.4, -0.2) is 19.6 Å². The SMILES string of the molecule is COC(=O)C1(CNc2c(C)cccc2C)CC1. The van der Waals surface area contributed by atoms with Crippen molar-refractivity contribution in [3.8, 4) is 0 Å². The number of nitrogens with one attached hydrogen (secondary N) is 1. The summed E-state index contributed by atoms with van der Waals surface area (Å²) in [7, 11) is 1.46. The summed E-state index contributed by atoms with van der Waals surface area (Å²) in [6, 6.07) is 6.20. The van der Waals surface area contributed by atoms with Crippen LogP contribution in [0.1, 0.15) is 24.0 Å². The standard InChI is InChI=1S/C14H19NO2/c1-10-5-4-6-11(2)12(10)15-9-14(7-8-14)13(16)17-3/h4-6,15H,7-9H2,1-3H3. The predicted octanol–water partition coefficient (Wildman–Crippen LogP) is 2.67. The first-order chi connectivity index (χ1) is 8.09. The Morgan fingerprint density at radius 2 is 1.94 bits per heavy atom. The number of carbonyl (C=O) groups is 1. The number of carbonyl (C=O) groups excluding carboxylic acids is 1. The van der Waals surface area contributed by atoms with Crippen LogP contribution in [0.2, 0.25) is 0 Å². The lowest BCUT2D eigenvalue weighted by molar-refractivity contribution is -0.146. The first-order valence-electron chi connectivity index (χ1n) is 5.97. The first kappa shape index (κ1) is 12.0. The zero-order valence-electron chi connectivity index (χ0n) is 10.7. The van der Waals surface area contributed by atoms with Crippen LogP contribution in [0.15, 0.2) is 18.2 Å². The van der Waals surface area contributed by atoms with Gasteiger partial charge in [0.15, 0.2) is 0 Å². The summed E-state index contributed by atoms with van der Waals surface area (Å²) >= 11 is 0. The number of rotatable bonds is 4. The molecule has 0 radical (unpaired) electrons. The Hall–Kier alpha value is -1.51. The van der Waals surface area contributed by atoms with Crippen molar-refractivity contribution in [3.05, 3.63) is 29.3 Å². The first-order valence-corrected chi connectivity index (χ1v) is 5.97. The molecule has 92 valence electrons. The van der Waals surface area contributed by atoms with E-state index in [1.165, 1.54) is 18.2 Å². The van der Waals surface area contributed by atoms with Crippen LogP contribution in [0.25, 0.3) is 0 Å². The Labute approximate surface area is 102 Å². The zero-order valence-corrected chi connectivity index (χ0v) is 10.7. The van der Waals surface area contributed by atoms with Gasteiger partial charge < -0.3 is 10.1 Å². The lowest BCUT2D eigenvalue weighted by atomic mass is 10.1. The highest BCUT2D eigenvalue weighted by molar-refractivity contribution is 5.80. The molecular weight excluding hydrogens is 214 g/mol. The molecule has 0 aliphatic heterocycles. The van der Waals surface area contributed by atoms with Crippen molar-refractivity contribution >= 4 is 11.7 Å². The Balaban J connectivity index is 2.06. The molecular formula is C14H19NO2. The third-order valence-corrected chi connectivity index (χ3v) is 3.56. The lowest BCUT2D eigenvalue weighted by Gasteiger charge is -2.17. The van der Waals surface area contributed by atoms with Gasteiger partial charge in [0.2, 0.25) is 0 Å². The minimum Gasteiger partial charge on any atom is -0.469 e. The van der Waals surface area contributed by atoms with Crippen LogP contribution < -0.4 is 5.32 Å². The highest BCUT2D eigenvalue weighted by Gasteiger charge is 2.50. The molecule has 2 rings (SSSR count). The zero-order chi connectivity index (χ0) is 12.5. The van der Waals surface area contributed by atoms with E-state index < -0.39 is 0 Å². The Kier molecular flexibility index (Phi) is 3.09. The third-order valence-electron chi connectivity index (χ3n) is 3.56. The highest BCUT2D eigenvalue weighted by atomic mass is 16.5. The maximum atomic E-state index is 11.6. The molecule has 0 aromatic heterocycles. The molecule has 0 bridgehead atoms. The van der Waals surface area contributed by atoms with Crippen molar-refractivity contribution in [3.63, 3.8) is 0 Å². The molecule has 0 spiro atoms. The molecule has 1 aliphatic rings. The smallest absolute Gasteiger partial charge is 0.313 e. The molecule has 0 unspecified atom stereocenters. The summed E-state index contributed by atoms with van der Waals surface area (Å²) in [5.41, 5.74) is 3.29. The number of anilines is 1. The average Bonchev–Trinajstić information content (AvgIpc) is 3.08. The fraction of sp³-hybridized carbons (Fsp3) is 0.500. The third kappa shape index (κ3) is 2.28. The van der Waals surface area contributed by atoms with Gasteiger partial charge >= 0.3 is 5.97 Å². The predicted molar refractivity (Wildman–Crippen MR) is 68.1 cm³/mol. The number of benzene rings is 1. The summed E-state index contributed by atoms with van der Waals surface area (Å²) in [5, 5.41) is 3.40. The normalized spacial score (nSPS) is 16.4. The van der Waals surface area contributed by atoms with Gasteiger partial charge in [0, 0.05) is 12.2 Å². The Bertz CT molecular complexity index is 416. The number of hydrogen-bond donors (Lipinski definition) is 1. The molecule has 1 saturated carbocycles. The summed E-state index contributed by atoms with van der Waals surface area (Å²) < 4.78 is 4.85. The van der Waals surface area contributed by atoms with Crippen LogP contribution in [0.5, 0.6) is 0 Å². The highest BCUT2D eigenvalue weighted by Crippen LogP contribution is 2.46. The molecule has 0 heterocycles. The number of para-hydroxylation sites is 1. The second kappa shape index (κ2) is 4.40. The van der Waals surface area contributed by atoms with Gasteiger partial charge in [0.1, 0.15) is 0 Å². The van der Waals surface area contributed by atoms with Crippen molar-refractivity contribution in [1.82, 2.24) is 0 Å². The topological polar surface area (TPSA) is 38.3 Å². The van der Waals surface area contributed by atoms with E-state index in [9.17, 15) is 4.79 Å². The Morgan fingerprint density at radius 1 is 1.35 bits per heavy atom. The molecule has 17 heavy (non-hydrogen) atoms. The van der Waals surface area contributed by atoms with Crippen molar-refractivity contribution in [2.45, 2.75) is 26.7 Å². The summed E-state index contributed by atoms with van der Waals surface area (Å²) in [6.45, 7) is 4.82. The van der Waals surface area contributed by atoms with Crippen molar-refractivity contribution in [2.75, 3.05) is 19.0 Å².